The van der Waals surface area contributed by atoms with Gasteiger partial charge in [0.05, 0.1) is 154 Å². The topological polar surface area (TPSA) is 429 Å². The molecule has 0 aliphatic carbocycles. The van der Waals surface area contributed by atoms with Crippen LogP contribution in [0.5, 0.6) is 0 Å². The summed E-state index contributed by atoms with van der Waals surface area (Å²) in [4.78, 5) is 152. The van der Waals surface area contributed by atoms with Crippen LogP contribution in [0.1, 0.15) is 158 Å². The van der Waals surface area contributed by atoms with Gasteiger partial charge in [-0.25, -0.2) is 9.59 Å². The molecule has 0 saturated carbocycles. The van der Waals surface area contributed by atoms with E-state index in [1.807, 2.05) is 32.0 Å². The molecule has 3 rings (SSSR count). The van der Waals surface area contributed by atoms with Crippen molar-refractivity contribution in [3.05, 3.63) is 65.7 Å². The molecule has 1 aliphatic heterocycles. The molecule has 664 valence electrons. The number of Topliss-reactive ketones (excluding diaryl/α,β-unsaturated/α-hetero) is 1. The molecule has 0 spiro atoms. The Bertz CT molecular complexity index is 3230. The minimum atomic E-state index is -1.15. The Balaban J connectivity index is 1.46. The third-order valence-electron chi connectivity index (χ3n) is 20.1. The predicted molar refractivity (Wildman–Crippen MR) is 438 cm³/mol. The van der Waals surface area contributed by atoms with Gasteiger partial charge >= 0.3 is 12.1 Å². The second kappa shape index (κ2) is 58.8. The average Bonchev–Trinajstić information content (AvgIpc) is 1.79. The number of likely N-dealkylation sites (N-methyl/N-ethyl adjacent to an activating group) is 2. The summed E-state index contributed by atoms with van der Waals surface area (Å²) >= 11 is 0. The Kier molecular flexibility index (Phi) is 51.8. The maximum Gasteiger partial charge on any atom is 0.410 e. The van der Waals surface area contributed by atoms with Crippen molar-refractivity contribution < 1.29 is 110 Å². The summed E-state index contributed by atoms with van der Waals surface area (Å²) in [5, 5.41) is 30.4. The lowest BCUT2D eigenvalue weighted by Crippen LogP contribution is -2.60. The van der Waals surface area contributed by atoms with Crippen LogP contribution in [-0.2, 0) is 102 Å². The number of carbonyl (C=O) groups is 11. The van der Waals surface area contributed by atoms with E-state index in [9.17, 15) is 57.8 Å². The molecular formula is C83H139N11O23. The number of rotatable bonds is 63. The largest absolute Gasteiger partial charge is 0.445 e. The first kappa shape index (κ1) is 103. The quantitative estimate of drug-likeness (QED) is 0.0394. The van der Waals surface area contributed by atoms with Crippen LogP contribution in [-0.4, -0.2) is 293 Å². The van der Waals surface area contributed by atoms with E-state index in [0.717, 1.165) is 0 Å². The van der Waals surface area contributed by atoms with E-state index >= 15 is 0 Å². The van der Waals surface area contributed by atoms with Crippen LogP contribution in [0.25, 0.3) is 0 Å². The van der Waals surface area contributed by atoms with Crippen molar-refractivity contribution >= 4 is 70.9 Å². The standard InChI is InChI=1S/C83H139N11O23/c1-16-58(8)74(67(107-14)53-70(98)94-36-22-26-66(94)76(108-15)60(10)77(100)87-61(11)75(99)63-23-18-17-19-24-63)92(12)81(104)72(56(4)5)91-80(103)73(57(6)7)93(13)83(106)117-54-62-29-31-64(32-30-62)88-78(101)65(25-21-34-86-82(84)105)89-79(102)71(55(2)3)90-69(97)28-20-27-68(96)85-35-38-110-40-42-112-44-46-114-48-50-116-52-51-115-49-47-113-45-43-111-41-39-109-37-33-59(9)95/h17-19,23-24,29-32,55-58,60-61,65-67,71-76,99H,16,20-22,25-28,33-54H2,1-15H3,(H,85,96)(H,87,100)(H,88,101)(H,89,102)(H,90,97)(H,91,103)(H3,84,86,105)/t58-,60+,61+,65+,66-,67+,71+,72?,73-,74-,75+,76+/m1/s1. The van der Waals surface area contributed by atoms with E-state index in [1.54, 1.807) is 109 Å². The fourth-order valence-electron chi connectivity index (χ4n) is 13.3. The molecule has 1 aliphatic rings. The molecule has 2 aromatic carbocycles. The smallest absolute Gasteiger partial charge is 0.410 e. The minimum absolute atomic E-state index is 0.0431. The number of primary amides is 1. The zero-order valence-corrected chi connectivity index (χ0v) is 71.9. The molecule has 0 bridgehead atoms. The van der Waals surface area contributed by atoms with Gasteiger partial charge in [0.15, 0.2) is 0 Å². The molecule has 34 nitrogen and oxygen atoms in total. The summed E-state index contributed by atoms with van der Waals surface area (Å²) in [6, 6.07) is 8.57. The molecule has 34 heteroatoms. The summed E-state index contributed by atoms with van der Waals surface area (Å²) in [5.41, 5.74) is 6.78. The van der Waals surface area contributed by atoms with E-state index in [1.165, 1.54) is 33.1 Å². The van der Waals surface area contributed by atoms with Gasteiger partial charge in [0.25, 0.3) is 0 Å². The first-order valence-corrected chi connectivity index (χ1v) is 41.1. The number of nitrogens with zero attached hydrogens (tertiary/aromatic N) is 3. The van der Waals surface area contributed by atoms with Crippen LogP contribution >= 0.6 is 0 Å². The van der Waals surface area contributed by atoms with Crippen LogP contribution in [0.2, 0.25) is 0 Å². The van der Waals surface area contributed by atoms with Gasteiger partial charge in [0, 0.05) is 72.9 Å². The van der Waals surface area contributed by atoms with Crippen molar-refractivity contribution in [2.24, 2.45) is 35.3 Å². The Morgan fingerprint density at radius 1 is 0.564 bits per heavy atom. The highest BCUT2D eigenvalue weighted by Crippen LogP contribution is 2.31. The molecule has 0 radical (unpaired) electrons. The van der Waals surface area contributed by atoms with E-state index in [-0.39, 0.29) is 94.3 Å². The number of ether oxygens (including phenoxy) is 11. The van der Waals surface area contributed by atoms with Gasteiger partial charge in [-0.15, -0.1) is 0 Å². The molecule has 0 aromatic heterocycles. The van der Waals surface area contributed by atoms with Crippen LogP contribution in [0.3, 0.4) is 0 Å². The Labute approximate surface area is 692 Å². The van der Waals surface area contributed by atoms with E-state index in [2.05, 4.69) is 37.2 Å². The number of carbonyl (C=O) groups excluding carboxylic acids is 11. The third kappa shape index (κ3) is 40.1. The monoisotopic (exact) mass is 1660 g/mol. The average molecular weight is 1660 g/mol. The van der Waals surface area contributed by atoms with Crippen LogP contribution in [0, 0.1) is 29.6 Å². The molecule has 1 heterocycles. The van der Waals surface area contributed by atoms with Gasteiger partial charge in [-0.2, -0.15) is 0 Å². The lowest BCUT2D eigenvalue weighted by molar-refractivity contribution is -0.148. The summed E-state index contributed by atoms with van der Waals surface area (Å²) in [5.74, 6) is -5.70. The number of methoxy groups -OCH3 is 2. The van der Waals surface area contributed by atoms with Crippen molar-refractivity contribution in [1.29, 1.82) is 0 Å². The van der Waals surface area contributed by atoms with Crippen molar-refractivity contribution in [3.63, 3.8) is 0 Å². The van der Waals surface area contributed by atoms with Gasteiger partial charge in [-0.3, -0.25) is 48.1 Å². The maximum absolute atomic E-state index is 14.9. The molecule has 1 fully saturated rings. The zero-order valence-electron chi connectivity index (χ0n) is 71.9. The Hall–Kier alpha value is -8.03. The summed E-state index contributed by atoms with van der Waals surface area (Å²) in [7, 11) is 6.07. The summed E-state index contributed by atoms with van der Waals surface area (Å²) in [6.07, 6.45) is -0.597. The number of benzene rings is 2. The highest BCUT2D eigenvalue weighted by Gasteiger charge is 2.44. The highest BCUT2D eigenvalue weighted by molar-refractivity contribution is 5.98. The fourth-order valence-corrected chi connectivity index (χ4v) is 13.3. The summed E-state index contributed by atoms with van der Waals surface area (Å²) < 4.78 is 61.5. The Morgan fingerprint density at radius 2 is 1.10 bits per heavy atom. The number of anilines is 1. The van der Waals surface area contributed by atoms with E-state index < -0.39 is 126 Å². The van der Waals surface area contributed by atoms with Gasteiger partial charge in [0.2, 0.25) is 47.3 Å². The normalized spacial score (nSPS) is 15.6. The summed E-state index contributed by atoms with van der Waals surface area (Å²) in [6.45, 7) is 26.4. The van der Waals surface area contributed by atoms with Crippen molar-refractivity contribution in [2.45, 2.75) is 208 Å². The number of hydrogen-bond acceptors (Lipinski definition) is 23. The highest BCUT2D eigenvalue weighted by atomic mass is 16.6. The van der Waals surface area contributed by atoms with Gasteiger partial charge in [0.1, 0.15) is 36.6 Å². The Morgan fingerprint density at radius 3 is 1.61 bits per heavy atom. The van der Waals surface area contributed by atoms with E-state index in [0.29, 0.717) is 148 Å². The van der Waals surface area contributed by atoms with Crippen LogP contribution < -0.4 is 43.0 Å². The number of likely N-dealkylation sites (tertiary alicyclic amines) is 1. The minimum Gasteiger partial charge on any atom is -0.445 e. The third-order valence-corrected chi connectivity index (χ3v) is 20.1. The number of aliphatic hydroxyl groups is 1. The SMILES string of the molecule is CC[C@@H](C)[C@H]([C@H](CC(=O)N1CCC[C@@H]1[C@@H](OC)[C@H](C)C(=O)N[C@@H](C)[C@H](O)c1ccccc1)OC)N(C)C(=O)C(NC(=O)[C@@H](C(C)C)N(C)C(=O)OCc1ccc(NC(=O)[C@H](CCCNC(N)=O)NC(=O)[C@@H](NC(=O)CCCC(=O)NCCOCCOCCOCCOCCOCCOCCOCCOCCC(C)=O)C(C)C)cc1)C(C)C. The van der Waals surface area contributed by atoms with Gasteiger partial charge in [-0.05, 0) is 92.9 Å². The van der Waals surface area contributed by atoms with Crippen molar-refractivity contribution in [3.8, 4) is 0 Å². The van der Waals surface area contributed by atoms with Crippen LogP contribution in [0.15, 0.2) is 54.6 Å². The second-order valence-corrected chi connectivity index (χ2v) is 30.4. The van der Waals surface area contributed by atoms with Crippen LogP contribution in [0.4, 0.5) is 15.3 Å². The molecule has 10 N–H and O–H groups in total. The number of hydrogen-bond donors (Lipinski definition) is 9. The molecule has 117 heavy (non-hydrogen) atoms. The predicted octanol–water partition coefficient (Wildman–Crippen LogP) is 4.99. The van der Waals surface area contributed by atoms with Gasteiger partial charge in [-0.1, -0.05) is 111 Å². The molecule has 1 unspecified atom stereocenters. The number of amides is 11. The van der Waals surface area contributed by atoms with Crippen molar-refractivity contribution in [2.75, 3.05) is 159 Å². The number of ketones is 1. The maximum atomic E-state index is 14.9. The molecular weight excluding hydrogens is 1520 g/mol. The molecule has 12 atom stereocenters. The lowest BCUT2D eigenvalue weighted by Gasteiger charge is -2.41. The molecule has 11 amide bonds. The fraction of sp³-hybridized carbons (Fsp3) is 0.723. The molecule has 1 saturated heterocycles. The zero-order chi connectivity index (χ0) is 86.8. The van der Waals surface area contributed by atoms with Gasteiger partial charge < -0.3 is 110 Å². The molecule has 2 aromatic rings. The first-order valence-electron chi connectivity index (χ1n) is 41.1. The number of nitrogens with two attached hydrogens (primary N) is 1. The first-order chi connectivity index (χ1) is 55.9. The van der Waals surface area contributed by atoms with Crippen molar-refractivity contribution in [1.82, 2.24) is 46.6 Å². The number of urea groups is 1. The lowest BCUT2D eigenvalue weighted by atomic mass is 9.89. The van der Waals surface area contributed by atoms with E-state index in [4.69, 9.17) is 57.8 Å². The number of nitrogens with one attached hydrogen (secondary N) is 7. The second-order valence-electron chi connectivity index (χ2n) is 30.4. The number of aliphatic hydroxyl groups excluding tert-OH is 1.